The smallest absolute Gasteiger partial charge is 0.290 e. The quantitative estimate of drug-likeness (QED) is 0.178. The van der Waals surface area contributed by atoms with Crippen LogP contribution in [0.2, 0.25) is 0 Å². The van der Waals surface area contributed by atoms with Gasteiger partial charge in [-0.05, 0) is 83.2 Å². The lowest BCUT2D eigenvalue weighted by Gasteiger charge is -1.96. The lowest BCUT2D eigenvalue weighted by atomic mass is 10.1. The number of imide groups is 2. The van der Waals surface area contributed by atoms with E-state index in [4.69, 9.17) is 4.42 Å². The Morgan fingerprint density at radius 1 is 0.714 bits per heavy atom. The highest BCUT2D eigenvalue weighted by Crippen LogP contribution is 2.29. The summed E-state index contributed by atoms with van der Waals surface area (Å²) in [6, 6.07) is 20.8. The largest absolute Gasteiger partial charge is 0.463 e. The van der Waals surface area contributed by atoms with E-state index < -0.39 is 0 Å². The Morgan fingerprint density at radius 2 is 1.36 bits per heavy atom. The van der Waals surface area contributed by atoms with Crippen molar-refractivity contribution < 1.29 is 23.6 Å². The van der Waals surface area contributed by atoms with E-state index in [1.54, 1.807) is 18.4 Å². The van der Waals surface area contributed by atoms with Gasteiger partial charge in [0.15, 0.2) is 0 Å². The number of hydrogen-bond donors (Lipinski definition) is 2. The van der Waals surface area contributed by atoms with Crippen molar-refractivity contribution >= 4 is 91.7 Å². The molecule has 2 N–H and O–H groups in total. The van der Waals surface area contributed by atoms with Crippen LogP contribution in [-0.4, -0.2) is 31.0 Å². The zero-order valence-electron chi connectivity index (χ0n) is 21.2. The van der Waals surface area contributed by atoms with Gasteiger partial charge in [-0.1, -0.05) is 42.2 Å². The van der Waals surface area contributed by atoms with Crippen LogP contribution in [0.1, 0.15) is 22.3 Å². The molecule has 0 unspecified atom stereocenters. The van der Waals surface area contributed by atoms with Crippen molar-refractivity contribution in [1.29, 1.82) is 0 Å². The van der Waals surface area contributed by atoms with E-state index in [-0.39, 0.29) is 22.3 Å². The Bertz CT molecular complexity index is 2030. The van der Waals surface area contributed by atoms with E-state index in [1.165, 1.54) is 0 Å². The van der Waals surface area contributed by atoms with Crippen molar-refractivity contribution in [2.45, 2.75) is 0 Å². The molecule has 9 nitrogen and oxygen atoms in total. The van der Waals surface area contributed by atoms with Crippen LogP contribution in [0.25, 0.3) is 34.2 Å². The van der Waals surface area contributed by atoms with E-state index in [0.29, 0.717) is 9.81 Å². The van der Waals surface area contributed by atoms with Crippen LogP contribution >= 0.6 is 35.3 Å². The fourth-order valence-electron chi connectivity index (χ4n) is 3.93. The van der Waals surface area contributed by atoms with Gasteiger partial charge in [-0.25, -0.2) is 0 Å². The van der Waals surface area contributed by atoms with E-state index in [9.17, 15) is 19.2 Å². The minimum atomic E-state index is -0.369. The van der Waals surface area contributed by atoms with Gasteiger partial charge in [0.25, 0.3) is 22.3 Å². The number of hydrogen-bond acceptors (Lipinski definition) is 10. The fourth-order valence-corrected chi connectivity index (χ4v) is 5.81. The third-order valence-electron chi connectivity index (χ3n) is 5.87. The highest BCUT2D eigenvalue weighted by atomic mass is 32.2. The van der Waals surface area contributed by atoms with Gasteiger partial charge < -0.3 is 4.42 Å². The van der Waals surface area contributed by atoms with E-state index >= 15 is 0 Å². The van der Waals surface area contributed by atoms with E-state index in [1.807, 2.05) is 66.7 Å². The molecule has 2 aliphatic heterocycles. The molecule has 2 saturated heterocycles. The van der Waals surface area contributed by atoms with Gasteiger partial charge in [0.2, 0.25) is 0 Å². The van der Waals surface area contributed by atoms with Crippen LogP contribution in [0.3, 0.4) is 0 Å². The molecular formula is C30H16N4O5S3. The average Bonchev–Trinajstić information content (AvgIpc) is 3.75. The number of carbonyl (C=O) groups is 4. The molecular weight excluding hydrogens is 593 g/mol. The first-order chi connectivity index (χ1) is 20.4. The van der Waals surface area contributed by atoms with Crippen molar-refractivity contribution in [2.24, 2.45) is 0 Å². The van der Waals surface area contributed by atoms with Crippen molar-refractivity contribution in [1.82, 2.24) is 19.4 Å². The van der Waals surface area contributed by atoms with Crippen LogP contribution < -0.4 is 10.6 Å². The molecule has 2 fully saturated rings. The Balaban J connectivity index is 0.000000162. The second-order valence-corrected chi connectivity index (χ2v) is 11.3. The summed E-state index contributed by atoms with van der Waals surface area (Å²) >= 11 is 2.95. The summed E-state index contributed by atoms with van der Waals surface area (Å²) in [6.45, 7) is 0. The normalized spacial score (nSPS) is 16.4. The lowest BCUT2D eigenvalue weighted by molar-refractivity contribution is -0.116. The second kappa shape index (κ2) is 11.9. The molecule has 3 aromatic carbocycles. The van der Waals surface area contributed by atoms with Crippen molar-refractivity contribution in [3.8, 4) is 11.8 Å². The molecule has 0 saturated carbocycles. The molecule has 4 heterocycles. The first kappa shape index (κ1) is 27.2. The molecule has 0 atom stereocenters. The summed E-state index contributed by atoms with van der Waals surface area (Å²) in [5.74, 6) is 5.50. The van der Waals surface area contributed by atoms with Crippen LogP contribution in [0.15, 0.2) is 87.2 Å². The molecule has 7 rings (SSSR count). The van der Waals surface area contributed by atoms with Gasteiger partial charge in [-0.2, -0.15) is 8.75 Å². The number of thioether (sulfide) groups is 2. The predicted molar refractivity (Wildman–Crippen MR) is 164 cm³/mol. The van der Waals surface area contributed by atoms with Crippen LogP contribution in [0, 0.1) is 11.8 Å². The molecule has 12 heteroatoms. The minimum Gasteiger partial charge on any atom is -0.463 e. The second-order valence-electron chi connectivity index (χ2n) is 8.74. The Morgan fingerprint density at radius 3 is 2.02 bits per heavy atom. The molecule has 2 aliphatic rings. The number of nitrogens with zero attached hydrogens (tertiary/aromatic N) is 2. The number of amides is 4. The summed E-state index contributed by atoms with van der Waals surface area (Å²) in [5.41, 5.74) is 5.68. The van der Waals surface area contributed by atoms with Crippen LogP contribution in [0.4, 0.5) is 9.59 Å². The topological polar surface area (TPSA) is 131 Å². The van der Waals surface area contributed by atoms with Crippen molar-refractivity contribution in [3.05, 3.63) is 105 Å². The van der Waals surface area contributed by atoms with Crippen molar-refractivity contribution in [3.63, 3.8) is 0 Å². The van der Waals surface area contributed by atoms with E-state index in [0.717, 1.165) is 79.5 Å². The van der Waals surface area contributed by atoms with Gasteiger partial charge >= 0.3 is 0 Å². The summed E-state index contributed by atoms with van der Waals surface area (Å²) in [6.07, 6.45) is 4.98. The molecule has 5 aromatic rings. The number of furan rings is 1. The number of carbonyl (C=O) groups excluding carboxylic acids is 4. The maximum absolute atomic E-state index is 11.7. The zero-order valence-corrected chi connectivity index (χ0v) is 23.7. The minimum absolute atomic E-state index is 0.336. The fraction of sp³-hybridized carbons (Fsp3) is 0. The Kier molecular flexibility index (Phi) is 7.70. The molecule has 204 valence electrons. The molecule has 0 bridgehead atoms. The lowest BCUT2D eigenvalue weighted by Crippen LogP contribution is -2.17. The SMILES string of the molecule is O=C1NC(=O)C(=Cc2ccc3nsnc3c2)S1.O=C1NC(=O)C(=Cc2ccc3occ(C#Cc4ccccc4)c3c2)S1. The highest BCUT2D eigenvalue weighted by Gasteiger charge is 2.25. The Labute approximate surface area is 250 Å². The number of benzene rings is 3. The number of nitrogens with one attached hydrogen (secondary N) is 2. The summed E-state index contributed by atoms with van der Waals surface area (Å²) < 4.78 is 13.7. The summed E-state index contributed by atoms with van der Waals surface area (Å²) in [5, 5.41) is 4.64. The van der Waals surface area contributed by atoms with Crippen molar-refractivity contribution in [2.75, 3.05) is 0 Å². The molecule has 2 aromatic heterocycles. The predicted octanol–water partition coefficient (Wildman–Crippen LogP) is 6.17. The highest BCUT2D eigenvalue weighted by molar-refractivity contribution is 8.18. The Hall–Kier alpha value is -4.96. The van der Waals surface area contributed by atoms with Gasteiger partial charge in [-0.3, -0.25) is 29.8 Å². The van der Waals surface area contributed by atoms with Gasteiger partial charge in [0.1, 0.15) is 22.9 Å². The number of rotatable bonds is 2. The van der Waals surface area contributed by atoms with Gasteiger partial charge in [0, 0.05) is 10.9 Å². The molecule has 0 aliphatic carbocycles. The third-order valence-corrected chi connectivity index (χ3v) is 8.05. The summed E-state index contributed by atoms with van der Waals surface area (Å²) in [4.78, 5) is 46.1. The van der Waals surface area contributed by atoms with Gasteiger partial charge in [-0.15, -0.1) is 0 Å². The maximum Gasteiger partial charge on any atom is 0.290 e. The first-order valence-electron chi connectivity index (χ1n) is 12.2. The maximum atomic E-state index is 11.7. The van der Waals surface area contributed by atoms with Gasteiger partial charge in [0.05, 0.1) is 27.1 Å². The molecule has 4 amide bonds. The van der Waals surface area contributed by atoms with Crippen LogP contribution in [-0.2, 0) is 9.59 Å². The number of fused-ring (bicyclic) bond motifs is 2. The monoisotopic (exact) mass is 608 g/mol. The molecule has 42 heavy (non-hydrogen) atoms. The molecule has 0 spiro atoms. The van der Waals surface area contributed by atoms with Crippen LogP contribution in [0.5, 0.6) is 0 Å². The molecule has 0 radical (unpaired) electrons. The third kappa shape index (κ3) is 6.18. The first-order valence-corrected chi connectivity index (χ1v) is 14.6. The number of aromatic nitrogens is 2. The standard InChI is InChI=1S/C20H11NO3S.C10H5N3O2S2/c22-19-18(25-20(23)21-19)11-14-7-9-17-16(10-14)15(12-24-17)8-6-13-4-2-1-3-5-13;14-9-8(16-10(15)11-9)4-5-1-2-6-7(3-5)13-17-12-6/h1-5,7,9-12H,(H,21,22,23);1-4H,(H,11,14,15). The summed E-state index contributed by atoms with van der Waals surface area (Å²) in [7, 11) is 0. The van der Waals surface area contributed by atoms with E-state index in [2.05, 4.69) is 31.2 Å². The zero-order chi connectivity index (χ0) is 29.1. The average molecular weight is 609 g/mol.